The smallest absolute Gasteiger partial charge is 0.267 e. The fourth-order valence-corrected chi connectivity index (χ4v) is 3.38. The Morgan fingerprint density at radius 3 is 2.12 bits per heavy atom. The highest BCUT2D eigenvalue weighted by atomic mass is 16.6. The molecule has 4 aromatic rings. The van der Waals surface area contributed by atoms with Crippen LogP contribution in [-0.4, -0.2) is 18.2 Å². The van der Waals surface area contributed by atoms with Crippen molar-refractivity contribution < 1.29 is 14.0 Å². The van der Waals surface area contributed by atoms with Gasteiger partial charge in [-0.15, -0.1) is 0 Å². The van der Waals surface area contributed by atoms with E-state index in [0.29, 0.717) is 17.0 Å². The molecular weight excluding hydrogens is 414 g/mol. The molecule has 33 heavy (non-hydrogen) atoms. The molecule has 4 rings (SSSR count). The number of amides is 1. The quantitative estimate of drug-likeness (QED) is 0.291. The van der Waals surface area contributed by atoms with Gasteiger partial charge in [-0.3, -0.25) is 10.1 Å². The minimum atomic E-state index is -0.482. The van der Waals surface area contributed by atoms with Crippen LogP contribution < -0.4 is 5.32 Å². The lowest BCUT2D eigenvalue weighted by molar-refractivity contribution is -0.120. The van der Waals surface area contributed by atoms with Gasteiger partial charge in [-0.2, -0.15) is 5.26 Å². The number of nitrogens with zero attached hydrogens (tertiary/aromatic N) is 2. The molecule has 0 aliphatic rings. The molecule has 6 nitrogen and oxygen atoms in total. The van der Waals surface area contributed by atoms with Gasteiger partial charge >= 0.3 is 0 Å². The molecule has 0 radical (unpaired) electrons. The number of benzene rings is 3. The monoisotopic (exact) mass is 435 g/mol. The van der Waals surface area contributed by atoms with Crippen molar-refractivity contribution in [3.63, 3.8) is 0 Å². The summed E-state index contributed by atoms with van der Waals surface area (Å²) in [6, 6.07) is 30.6. The van der Waals surface area contributed by atoms with E-state index in [9.17, 15) is 10.1 Å². The summed E-state index contributed by atoms with van der Waals surface area (Å²) in [6.45, 7) is 1.48. The third-order valence-corrected chi connectivity index (χ3v) is 4.96. The Morgan fingerprint density at radius 2 is 1.52 bits per heavy atom. The van der Waals surface area contributed by atoms with Gasteiger partial charge in [0.15, 0.2) is 6.61 Å². The van der Waals surface area contributed by atoms with Gasteiger partial charge in [0.25, 0.3) is 5.91 Å². The minimum Gasteiger partial charge on any atom is -0.438 e. The van der Waals surface area contributed by atoms with E-state index in [-0.39, 0.29) is 18.1 Å². The summed E-state index contributed by atoms with van der Waals surface area (Å²) in [4.78, 5) is 17.7. The van der Waals surface area contributed by atoms with Gasteiger partial charge < -0.3 is 9.25 Å². The van der Waals surface area contributed by atoms with E-state index in [1.165, 1.54) is 0 Å². The third kappa shape index (κ3) is 5.00. The first-order chi connectivity index (χ1) is 16.2. The van der Waals surface area contributed by atoms with Gasteiger partial charge in [-0.25, -0.2) is 0 Å². The molecule has 1 heterocycles. The number of furan rings is 1. The average Bonchev–Trinajstić information content (AvgIpc) is 3.23. The van der Waals surface area contributed by atoms with Crippen LogP contribution >= 0.6 is 0 Å². The Labute approximate surface area is 191 Å². The Hall–Kier alpha value is -4.63. The van der Waals surface area contributed by atoms with Crippen LogP contribution in [0.3, 0.4) is 0 Å². The molecule has 0 unspecified atom stereocenters. The van der Waals surface area contributed by atoms with Gasteiger partial charge in [-0.05, 0) is 18.1 Å². The first kappa shape index (κ1) is 21.6. The molecule has 0 atom stereocenters. The fraction of sp³-hybridized carbons (Fsp3) is 0.0741. The molecule has 0 saturated heterocycles. The predicted molar refractivity (Wildman–Crippen MR) is 128 cm³/mol. The molecule has 3 aromatic carbocycles. The predicted octanol–water partition coefficient (Wildman–Crippen LogP) is 5.86. The van der Waals surface area contributed by atoms with E-state index < -0.39 is 5.91 Å². The molecule has 0 aliphatic heterocycles. The largest absolute Gasteiger partial charge is 0.438 e. The van der Waals surface area contributed by atoms with E-state index in [1.807, 2.05) is 91.0 Å². The molecule has 6 heteroatoms. The second-order valence-corrected chi connectivity index (χ2v) is 7.22. The number of anilines is 1. The molecule has 0 saturated carbocycles. The second kappa shape index (κ2) is 10.1. The summed E-state index contributed by atoms with van der Waals surface area (Å²) in [5.41, 5.74) is 4.03. The van der Waals surface area contributed by atoms with Crippen LogP contribution in [0.15, 0.2) is 101 Å². The van der Waals surface area contributed by atoms with E-state index in [1.54, 1.807) is 6.92 Å². The maximum absolute atomic E-state index is 12.5. The number of nitrogens with one attached hydrogen (secondary N) is 1. The molecule has 0 aliphatic carbocycles. The van der Waals surface area contributed by atoms with E-state index >= 15 is 0 Å². The number of hydrogen-bond acceptors (Lipinski definition) is 5. The number of oxime groups is 1. The average molecular weight is 435 g/mol. The van der Waals surface area contributed by atoms with Crippen molar-refractivity contribution in [3.05, 3.63) is 102 Å². The van der Waals surface area contributed by atoms with Crippen LogP contribution in [0.2, 0.25) is 0 Å². The molecule has 1 N–H and O–H groups in total. The van der Waals surface area contributed by atoms with Gasteiger partial charge in [0, 0.05) is 11.1 Å². The zero-order valence-corrected chi connectivity index (χ0v) is 18.0. The number of carbonyl (C=O) groups is 1. The van der Waals surface area contributed by atoms with Crippen molar-refractivity contribution in [1.29, 1.82) is 5.26 Å². The molecule has 1 aromatic heterocycles. The Balaban J connectivity index is 1.58. The highest BCUT2D eigenvalue weighted by Gasteiger charge is 2.24. The number of rotatable bonds is 7. The van der Waals surface area contributed by atoms with Crippen molar-refractivity contribution in [1.82, 2.24) is 0 Å². The minimum absolute atomic E-state index is 0.0765. The van der Waals surface area contributed by atoms with Crippen LogP contribution in [0.4, 0.5) is 5.88 Å². The SMILES string of the molecule is C/C(=N/OCC(=O)Nc1oc(-c2ccccc2)c(-c2ccccc2)c1C#N)c1ccccc1. The molecular formula is C27H21N3O3. The van der Waals surface area contributed by atoms with Crippen LogP contribution in [0.1, 0.15) is 18.1 Å². The Kier molecular flexibility index (Phi) is 6.62. The highest BCUT2D eigenvalue weighted by molar-refractivity contribution is 5.98. The van der Waals surface area contributed by atoms with Gasteiger partial charge in [0.2, 0.25) is 5.88 Å². The highest BCUT2D eigenvalue weighted by Crippen LogP contribution is 2.41. The van der Waals surface area contributed by atoms with Gasteiger partial charge in [-0.1, -0.05) is 96.2 Å². The molecule has 0 spiro atoms. The van der Waals surface area contributed by atoms with E-state index in [2.05, 4.69) is 16.5 Å². The molecule has 0 fully saturated rings. The summed E-state index contributed by atoms with van der Waals surface area (Å²) >= 11 is 0. The summed E-state index contributed by atoms with van der Waals surface area (Å²) < 4.78 is 6.00. The van der Waals surface area contributed by atoms with E-state index in [4.69, 9.17) is 9.25 Å². The molecule has 1 amide bonds. The van der Waals surface area contributed by atoms with Crippen LogP contribution in [0.25, 0.3) is 22.5 Å². The van der Waals surface area contributed by atoms with Crippen LogP contribution in [0, 0.1) is 11.3 Å². The van der Waals surface area contributed by atoms with Crippen molar-refractivity contribution in [2.45, 2.75) is 6.92 Å². The van der Waals surface area contributed by atoms with Crippen molar-refractivity contribution in [3.8, 4) is 28.5 Å². The zero-order valence-electron chi connectivity index (χ0n) is 18.0. The lowest BCUT2D eigenvalue weighted by atomic mass is 9.98. The summed E-state index contributed by atoms with van der Waals surface area (Å²) in [5, 5.41) is 16.5. The van der Waals surface area contributed by atoms with Crippen molar-refractivity contribution >= 4 is 17.5 Å². The van der Waals surface area contributed by atoms with E-state index in [0.717, 1.165) is 16.7 Å². The zero-order chi connectivity index (χ0) is 23.0. The lowest BCUT2D eigenvalue weighted by Crippen LogP contribution is -2.17. The first-order valence-electron chi connectivity index (χ1n) is 10.4. The number of carbonyl (C=O) groups excluding carboxylic acids is 1. The van der Waals surface area contributed by atoms with Gasteiger partial charge in [0.05, 0.1) is 5.71 Å². The summed E-state index contributed by atoms with van der Waals surface area (Å²) in [7, 11) is 0. The van der Waals surface area contributed by atoms with Crippen molar-refractivity contribution in [2.75, 3.05) is 11.9 Å². The number of hydrogen-bond donors (Lipinski definition) is 1. The molecule has 162 valence electrons. The summed E-state index contributed by atoms with van der Waals surface area (Å²) in [5.74, 6) is 0.101. The standard InChI is InChI=1S/C27H21N3O3/c1-19(20-11-5-2-6-12-20)30-32-18-24(31)29-27-23(17-28)25(21-13-7-3-8-14-21)26(33-27)22-15-9-4-10-16-22/h2-16H,18H2,1H3,(H,29,31)/b30-19-. The maximum Gasteiger partial charge on any atom is 0.267 e. The Morgan fingerprint density at radius 1 is 0.939 bits per heavy atom. The normalized spacial score (nSPS) is 11.0. The number of nitriles is 1. The lowest BCUT2D eigenvalue weighted by Gasteiger charge is -2.03. The Bertz CT molecular complexity index is 1310. The second-order valence-electron chi connectivity index (χ2n) is 7.22. The first-order valence-corrected chi connectivity index (χ1v) is 10.4. The molecule has 0 bridgehead atoms. The summed E-state index contributed by atoms with van der Waals surface area (Å²) in [6.07, 6.45) is 0. The van der Waals surface area contributed by atoms with Crippen molar-refractivity contribution in [2.24, 2.45) is 5.16 Å². The topological polar surface area (TPSA) is 87.6 Å². The maximum atomic E-state index is 12.5. The van der Waals surface area contributed by atoms with Gasteiger partial charge in [0.1, 0.15) is 17.4 Å². The van der Waals surface area contributed by atoms with Crippen LogP contribution in [-0.2, 0) is 9.63 Å². The van der Waals surface area contributed by atoms with Crippen LogP contribution in [0.5, 0.6) is 0 Å². The third-order valence-electron chi connectivity index (χ3n) is 4.96. The fourth-order valence-electron chi connectivity index (χ4n) is 3.38.